The molecule has 3 rings (SSSR count). The summed E-state index contributed by atoms with van der Waals surface area (Å²) in [6.45, 7) is 8.46. The van der Waals surface area contributed by atoms with Crippen LogP contribution in [-0.4, -0.2) is 42.0 Å². The minimum atomic E-state index is -0.238. The van der Waals surface area contributed by atoms with Crippen LogP contribution in [0.4, 0.5) is 0 Å². The van der Waals surface area contributed by atoms with Crippen LogP contribution in [0.15, 0.2) is 54.6 Å². The van der Waals surface area contributed by atoms with Gasteiger partial charge in [0.05, 0.1) is 6.07 Å². The van der Waals surface area contributed by atoms with Gasteiger partial charge in [-0.25, -0.2) is 0 Å². The molecule has 1 fully saturated rings. The van der Waals surface area contributed by atoms with E-state index in [4.69, 9.17) is 4.74 Å². The van der Waals surface area contributed by atoms with Crippen molar-refractivity contribution in [3.63, 3.8) is 0 Å². The van der Waals surface area contributed by atoms with E-state index in [1.165, 1.54) is 0 Å². The predicted molar refractivity (Wildman–Crippen MR) is 104 cm³/mol. The number of ether oxygens (including phenoxy) is 1. The molecule has 0 bridgehead atoms. The maximum atomic E-state index is 9.90. The van der Waals surface area contributed by atoms with Crippen molar-refractivity contribution in [3.05, 3.63) is 60.2 Å². The molecule has 1 heterocycles. The third-order valence-corrected chi connectivity index (χ3v) is 5.14. The summed E-state index contributed by atoms with van der Waals surface area (Å²) in [5.74, 6) is 1.58. The smallest absolute Gasteiger partial charge is 0.127 e. The first-order valence-electron chi connectivity index (χ1n) is 9.45. The average molecular weight is 349 g/mol. The molecule has 1 aliphatic heterocycles. The monoisotopic (exact) mass is 349 g/mol. The normalized spacial score (nSPS) is 19.7. The van der Waals surface area contributed by atoms with E-state index in [-0.39, 0.29) is 6.04 Å². The molecule has 1 saturated heterocycles. The molecule has 0 aromatic heterocycles. The van der Waals surface area contributed by atoms with Crippen molar-refractivity contribution in [1.29, 1.82) is 5.26 Å². The Labute approximate surface area is 156 Å². The van der Waals surface area contributed by atoms with Crippen LogP contribution in [0.3, 0.4) is 0 Å². The van der Waals surface area contributed by atoms with Crippen molar-refractivity contribution in [2.45, 2.75) is 32.4 Å². The Bertz CT molecular complexity index is 741. The van der Waals surface area contributed by atoms with Crippen molar-refractivity contribution in [2.75, 3.05) is 26.2 Å². The molecule has 2 unspecified atom stereocenters. The lowest BCUT2D eigenvalue weighted by Gasteiger charge is -2.43. The van der Waals surface area contributed by atoms with E-state index in [9.17, 15) is 5.26 Å². The Balaban J connectivity index is 1.80. The van der Waals surface area contributed by atoms with Gasteiger partial charge in [0, 0.05) is 25.7 Å². The number of nitriles is 1. The summed E-state index contributed by atoms with van der Waals surface area (Å²) in [6, 6.07) is 20.4. The van der Waals surface area contributed by atoms with Gasteiger partial charge < -0.3 is 9.64 Å². The van der Waals surface area contributed by atoms with Gasteiger partial charge in [0.2, 0.25) is 0 Å². The molecule has 2 aromatic carbocycles. The number of rotatable bonds is 6. The lowest BCUT2D eigenvalue weighted by molar-refractivity contribution is 0.0569. The summed E-state index contributed by atoms with van der Waals surface area (Å²) in [5.41, 5.74) is 1.00. The van der Waals surface area contributed by atoms with E-state index in [0.29, 0.717) is 6.04 Å². The van der Waals surface area contributed by atoms with Gasteiger partial charge in [-0.2, -0.15) is 5.26 Å². The molecule has 4 heteroatoms. The first kappa shape index (κ1) is 18.4. The summed E-state index contributed by atoms with van der Waals surface area (Å²) >= 11 is 0. The van der Waals surface area contributed by atoms with Crippen molar-refractivity contribution in [3.8, 4) is 17.6 Å². The van der Waals surface area contributed by atoms with Gasteiger partial charge in [-0.3, -0.25) is 4.90 Å². The number of hydrogen-bond donors (Lipinski definition) is 0. The number of nitrogens with zero attached hydrogens (tertiary/aromatic N) is 3. The minimum Gasteiger partial charge on any atom is -0.457 e. The highest BCUT2D eigenvalue weighted by molar-refractivity contribution is 5.36. The predicted octanol–water partition coefficient (Wildman–Crippen LogP) is 4.46. The van der Waals surface area contributed by atoms with Crippen LogP contribution in [0.5, 0.6) is 11.5 Å². The fourth-order valence-corrected chi connectivity index (χ4v) is 3.64. The lowest BCUT2D eigenvalue weighted by Crippen LogP contribution is -2.53. The highest BCUT2D eigenvalue weighted by Gasteiger charge is 2.31. The van der Waals surface area contributed by atoms with Crippen molar-refractivity contribution >= 4 is 0 Å². The second-order valence-corrected chi connectivity index (χ2v) is 6.71. The Morgan fingerprint density at radius 3 is 2.54 bits per heavy atom. The van der Waals surface area contributed by atoms with Crippen LogP contribution >= 0.6 is 0 Å². The third-order valence-electron chi connectivity index (χ3n) is 5.14. The molecular formula is C22H27N3O. The van der Waals surface area contributed by atoms with Crippen LogP contribution in [-0.2, 0) is 0 Å². The topological polar surface area (TPSA) is 39.5 Å². The van der Waals surface area contributed by atoms with Crippen LogP contribution in [0.2, 0.25) is 0 Å². The fourth-order valence-electron chi connectivity index (χ4n) is 3.64. The Kier molecular flexibility index (Phi) is 6.27. The number of hydrogen-bond acceptors (Lipinski definition) is 4. The highest BCUT2D eigenvalue weighted by atomic mass is 16.5. The molecule has 4 nitrogen and oxygen atoms in total. The Morgan fingerprint density at radius 1 is 1.08 bits per heavy atom. The average Bonchev–Trinajstić information content (AvgIpc) is 2.70. The van der Waals surface area contributed by atoms with E-state index >= 15 is 0 Å². The molecule has 0 spiro atoms. The zero-order valence-corrected chi connectivity index (χ0v) is 15.6. The molecule has 2 aromatic rings. The van der Waals surface area contributed by atoms with Gasteiger partial charge in [0.1, 0.15) is 17.5 Å². The first-order chi connectivity index (χ1) is 12.7. The summed E-state index contributed by atoms with van der Waals surface area (Å²) < 4.78 is 5.95. The van der Waals surface area contributed by atoms with E-state index in [1.54, 1.807) is 0 Å². The summed E-state index contributed by atoms with van der Waals surface area (Å²) in [5, 5.41) is 9.90. The van der Waals surface area contributed by atoms with E-state index in [1.807, 2.05) is 54.6 Å². The second kappa shape index (κ2) is 8.84. The zero-order valence-electron chi connectivity index (χ0n) is 15.6. The molecule has 0 radical (unpaired) electrons. The maximum Gasteiger partial charge on any atom is 0.127 e. The van der Waals surface area contributed by atoms with Gasteiger partial charge in [-0.1, -0.05) is 44.2 Å². The van der Waals surface area contributed by atoms with E-state index in [0.717, 1.165) is 49.7 Å². The summed E-state index contributed by atoms with van der Waals surface area (Å²) in [4.78, 5) is 4.82. The van der Waals surface area contributed by atoms with Crippen molar-refractivity contribution in [2.24, 2.45) is 0 Å². The highest BCUT2D eigenvalue weighted by Crippen LogP contribution is 2.30. The molecule has 26 heavy (non-hydrogen) atoms. The number of likely N-dealkylation sites (N-methyl/N-ethyl adjacent to an activating group) is 1. The molecule has 1 aliphatic rings. The van der Waals surface area contributed by atoms with Crippen LogP contribution < -0.4 is 4.74 Å². The van der Waals surface area contributed by atoms with E-state index < -0.39 is 0 Å². The van der Waals surface area contributed by atoms with Gasteiger partial charge >= 0.3 is 0 Å². The zero-order chi connectivity index (χ0) is 18.4. The van der Waals surface area contributed by atoms with Gasteiger partial charge in [-0.05, 0) is 42.8 Å². The quantitative estimate of drug-likeness (QED) is 0.772. The van der Waals surface area contributed by atoms with Gasteiger partial charge in [0.15, 0.2) is 0 Å². The SMILES string of the molecule is CCC1CN(CC)CCN1C(C#N)c1cccc(Oc2ccccc2)c1. The largest absolute Gasteiger partial charge is 0.457 e. The second-order valence-electron chi connectivity index (χ2n) is 6.71. The standard InChI is InChI=1S/C22H27N3O/c1-3-19-17-24(4-2)13-14-25(19)22(16-23)18-9-8-12-21(15-18)26-20-10-6-5-7-11-20/h5-12,15,19,22H,3-4,13-14,17H2,1-2H3. The number of para-hydroxylation sites is 1. The van der Waals surface area contributed by atoms with Crippen LogP contribution in [0.1, 0.15) is 31.9 Å². The number of benzene rings is 2. The molecule has 0 amide bonds. The number of piperazine rings is 1. The summed E-state index contributed by atoms with van der Waals surface area (Å²) in [7, 11) is 0. The molecule has 136 valence electrons. The summed E-state index contributed by atoms with van der Waals surface area (Å²) in [6.07, 6.45) is 1.05. The lowest BCUT2D eigenvalue weighted by atomic mass is 10.0. The Morgan fingerprint density at radius 2 is 1.85 bits per heavy atom. The maximum absolute atomic E-state index is 9.90. The molecule has 0 N–H and O–H groups in total. The van der Waals surface area contributed by atoms with Gasteiger partial charge in [-0.15, -0.1) is 0 Å². The fraction of sp³-hybridized carbons (Fsp3) is 0.409. The minimum absolute atomic E-state index is 0.238. The van der Waals surface area contributed by atoms with Crippen LogP contribution in [0, 0.1) is 11.3 Å². The van der Waals surface area contributed by atoms with Gasteiger partial charge in [0.25, 0.3) is 0 Å². The molecule has 0 aliphatic carbocycles. The van der Waals surface area contributed by atoms with Crippen molar-refractivity contribution < 1.29 is 4.74 Å². The molecular weight excluding hydrogens is 322 g/mol. The third kappa shape index (κ3) is 4.24. The van der Waals surface area contributed by atoms with Crippen LogP contribution in [0.25, 0.3) is 0 Å². The molecule has 0 saturated carbocycles. The van der Waals surface area contributed by atoms with E-state index in [2.05, 4.69) is 29.7 Å². The first-order valence-corrected chi connectivity index (χ1v) is 9.45. The Hall–Kier alpha value is -2.35. The molecule has 2 atom stereocenters. The van der Waals surface area contributed by atoms with Crippen molar-refractivity contribution in [1.82, 2.24) is 9.80 Å².